The van der Waals surface area contributed by atoms with Crippen molar-refractivity contribution in [2.45, 2.75) is 19.8 Å². The molecule has 180 valence electrons. The van der Waals surface area contributed by atoms with E-state index in [0.29, 0.717) is 29.9 Å². The number of hydrogen-bond acceptors (Lipinski definition) is 5. The van der Waals surface area contributed by atoms with Crippen LogP contribution in [0.4, 0.5) is 5.69 Å². The van der Waals surface area contributed by atoms with Crippen molar-refractivity contribution < 1.29 is 19.8 Å². The third kappa shape index (κ3) is 4.79. The zero-order chi connectivity index (χ0) is 25.1. The number of fused-ring (bicyclic) bond motifs is 1. The van der Waals surface area contributed by atoms with Gasteiger partial charge in [0.2, 0.25) is 0 Å². The molecular formula is C26H25ClN4O4. The highest BCUT2D eigenvalue weighted by Crippen LogP contribution is 2.37. The van der Waals surface area contributed by atoms with Crippen LogP contribution >= 0.6 is 11.6 Å². The average molecular weight is 493 g/mol. The topological polar surface area (TPSA) is 107 Å². The number of aromatic nitrogens is 2. The van der Waals surface area contributed by atoms with E-state index in [-0.39, 0.29) is 29.0 Å². The molecular weight excluding hydrogens is 468 g/mol. The molecule has 3 N–H and O–H groups in total. The lowest BCUT2D eigenvalue weighted by atomic mass is 9.94. The number of anilines is 1. The van der Waals surface area contributed by atoms with E-state index in [1.807, 2.05) is 13.0 Å². The largest absolute Gasteiger partial charge is 0.512 e. The minimum Gasteiger partial charge on any atom is -0.512 e. The van der Waals surface area contributed by atoms with Crippen LogP contribution in [-0.4, -0.2) is 49.2 Å². The van der Waals surface area contributed by atoms with Gasteiger partial charge < -0.3 is 24.8 Å². The van der Waals surface area contributed by atoms with Gasteiger partial charge in [-0.2, -0.15) is 0 Å². The Kier molecular flexibility index (Phi) is 6.93. The molecule has 1 aliphatic heterocycles. The molecule has 0 spiro atoms. The van der Waals surface area contributed by atoms with Gasteiger partial charge >= 0.3 is 0 Å². The summed E-state index contributed by atoms with van der Waals surface area (Å²) in [7, 11) is 0. The highest BCUT2D eigenvalue weighted by Gasteiger charge is 2.32. The zero-order valence-electron chi connectivity index (χ0n) is 19.3. The minimum absolute atomic E-state index is 0.0883. The highest BCUT2D eigenvalue weighted by atomic mass is 35.5. The molecule has 3 aromatic rings. The molecule has 0 radical (unpaired) electrons. The van der Waals surface area contributed by atoms with Crippen molar-refractivity contribution in [3.05, 3.63) is 94.8 Å². The maximum Gasteiger partial charge on any atom is 0.278 e. The predicted octanol–water partition coefficient (Wildman–Crippen LogP) is 5.04. The van der Waals surface area contributed by atoms with Crippen molar-refractivity contribution in [2.75, 3.05) is 18.2 Å². The van der Waals surface area contributed by atoms with E-state index in [9.17, 15) is 19.8 Å². The first-order valence-corrected chi connectivity index (χ1v) is 11.8. The number of aromatic hydroxyl groups is 1. The maximum absolute atomic E-state index is 13.2. The standard InChI is InChI=1S/C25H22N4O4.CH3Cl/c1-2-15-11-19(31)12-22-20(15)9-10-29(22)25(33)21-14-28-13-17(5-8-23(28)27-21)26-24(32)16-3-6-18(30)7-4-16;1-2/h2-8,12-14,30-31H,9-11H2,1H3,(H,26,32);1H3/b15-2-;. The van der Waals surface area contributed by atoms with Gasteiger partial charge in [-0.1, -0.05) is 6.08 Å². The molecule has 0 unspecified atom stereocenters. The van der Waals surface area contributed by atoms with Gasteiger partial charge in [0, 0.05) is 43.4 Å². The number of rotatable bonds is 3. The third-order valence-electron chi connectivity index (χ3n) is 5.90. The number of allylic oxidation sites excluding steroid dienone is 3. The predicted molar refractivity (Wildman–Crippen MR) is 135 cm³/mol. The number of phenolic OH excluding ortho intramolecular Hbond substituents is 1. The van der Waals surface area contributed by atoms with Crippen LogP contribution in [0.1, 0.15) is 40.6 Å². The molecule has 1 aromatic carbocycles. The summed E-state index contributed by atoms with van der Waals surface area (Å²) in [6.45, 7) is 2.47. The zero-order valence-corrected chi connectivity index (χ0v) is 20.1. The molecule has 35 heavy (non-hydrogen) atoms. The van der Waals surface area contributed by atoms with Gasteiger partial charge in [-0.3, -0.25) is 9.59 Å². The normalized spacial score (nSPS) is 16.0. The van der Waals surface area contributed by atoms with Crippen LogP contribution in [0.3, 0.4) is 0 Å². The number of halogens is 1. The molecule has 2 aromatic heterocycles. The highest BCUT2D eigenvalue weighted by molar-refractivity contribution is 6.15. The van der Waals surface area contributed by atoms with Crippen LogP contribution in [0.5, 0.6) is 5.75 Å². The van der Waals surface area contributed by atoms with E-state index in [1.54, 1.807) is 39.9 Å². The van der Waals surface area contributed by atoms with Crippen LogP contribution < -0.4 is 5.32 Å². The lowest BCUT2D eigenvalue weighted by Crippen LogP contribution is -2.28. The Morgan fingerprint density at radius 2 is 1.83 bits per heavy atom. The summed E-state index contributed by atoms with van der Waals surface area (Å²) in [6, 6.07) is 9.41. The van der Waals surface area contributed by atoms with Crippen molar-refractivity contribution in [2.24, 2.45) is 0 Å². The van der Waals surface area contributed by atoms with Gasteiger partial charge in [-0.15, -0.1) is 11.6 Å². The number of aliphatic hydroxyl groups is 1. The SMILES string of the molecule is C/C=C1/CC(O)=CC2=C1CCN2C(=O)c1cn2cc(NC(=O)c3ccc(O)cc3)ccc2n1.CCl. The Bertz CT molecular complexity index is 1390. The van der Waals surface area contributed by atoms with E-state index in [2.05, 4.69) is 21.9 Å². The molecule has 8 nitrogen and oxygen atoms in total. The van der Waals surface area contributed by atoms with Gasteiger partial charge in [-0.05, 0) is 60.9 Å². The van der Waals surface area contributed by atoms with Gasteiger partial charge in [-0.25, -0.2) is 4.98 Å². The van der Waals surface area contributed by atoms with Crippen LogP contribution in [0.2, 0.25) is 0 Å². The molecule has 1 aliphatic carbocycles. The van der Waals surface area contributed by atoms with Gasteiger partial charge in [0.25, 0.3) is 11.8 Å². The van der Waals surface area contributed by atoms with Gasteiger partial charge in [0.05, 0.1) is 17.1 Å². The molecule has 0 atom stereocenters. The maximum atomic E-state index is 13.2. The first-order valence-electron chi connectivity index (χ1n) is 11.0. The summed E-state index contributed by atoms with van der Waals surface area (Å²) >= 11 is 4.64. The summed E-state index contributed by atoms with van der Waals surface area (Å²) < 4.78 is 1.69. The summed E-state index contributed by atoms with van der Waals surface area (Å²) in [5.41, 5.74) is 4.68. The second-order valence-electron chi connectivity index (χ2n) is 8.01. The Morgan fingerprint density at radius 3 is 2.54 bits per heavy atom. The lowest BCUT2D eigenvalue weighted by Gasteiger charge is -2.21. The van der Waals surface area contributed by atoms with Crippen molar-refractivity contribution in [3.63, 3.8) is 0 Å². The monoisotopic (exact) mass is 492 g/mol. The first kappa shape index (κ1) is 24.1. The molecule has 0 fully saturated rings. The average Bonchev–Trinajstić information content (AvgIpc) is 3.48. The fourth-order valence-corrected chi connectivity index (χ4v) is 4.25. The van der Waals surface area contributed by atoms with E-state index in [4.69, 9.17) is 0 Å². The Morgan fingerprint density at radius 1 is 1.09 bits per heavy atom. The number of carbonyl (C=O) groups excluding carboxylic acids is 2. The molecule has 5 rings (SSSR count). The fourth-order valence-electron chi connectivity index (χ4n) is 4.25. The van der Waals surface area contributed by atoms with Crippen LogP contribution in [-0.2, 0) is 0 Å². The lowest BCUT2D eigenvalue weighted by molar-refractivity contribution is 0.0817. The number of nitrogens with one attached hydrogen (secondary N) is 1. The molecule has 3 heterocycles. The molecule has 2 aliphatic rings. The van der Waals surface area contributed by atoms with E-state index in [0.717, 1.165) is 23.3 Å². The summed E-state index contributed by atoms with van der Waals surface area (Å²) in [5, 5.41) is 22.3. The fraction of sp³-hybridized carbons (Fsp3) is 0.192. The number of benzene rings is 1. The molecule has 0 saturated carbocycles. The Labute approximate surface area is 207 Å². The molecule has 0 saturated heterocycles. The molecule has 2 amide bonds. The summed E-state index contributed by atoms with van der Waals surface area (Å²) in [4.78, 5) is 31.8. The Hall–Kier alpha value is -4.04. The number of aliphatic hydroxyl groups excluding tert-OH is 1. The minimum atomic E-state index is -0.314. The van der Waals surface area contributed by atoms with E-state index in [1.165, 1.54) is 30.6 Å². The second-order valence-corrected chi connectivity index (χ2v) is 8.01. The first-order chi connectivity index (χ1) is 16.9. The second kappa shape index (κ2) is 10.1. The number of pyridine rings is 1. The van der Waals surface area contributed by atoms with Crippen LogP contribution in [0.25, 0.3) is 5.65 Å². The third-order valence-corrected chi connectivity index (χ3v) is 5.90. The number of carbonyl (C=O) groups is 2. The Balaban J connectivity index is 0.00000141. The summed E-state index contributed by atoms with van der Waals surface area (Å²) in [5.74, 6) is -0.221. The summed E-state index contributed by atoms with van der Waals surface area (Å²) in [6.07, 6.45) is 9.67. The number of amides is 2. The van der Waals surface area contributed by atoms with Crippen molar-refractivity contribution in [1.29, 1.82) is 0 Å². The number of imidazole rings is 1. The number of nitrogens with zero attached hydrogens (tertiary/aromatic N) is 3. The van der Waals surface area contributed by atoms with E-state index >= 15 is 0 Å². The number of phenols is 1. The van der Waals surface area contributed by atoms with E-state index < -0.39 is 0 Å². The number of alkyl halides is 1. The molecule has 9 heteroatoms. The van der Waals surface area contributed by atoms with Crippen molar-refractivity contribution in [3.8, 4) is 5.75 Å². The van der Waals surface area contributed by atoms with Crippen LogP contribution in [0, 0.1) is 0 Å². The van der Waals surface area contributed by atoms with Crippen LogP contribution in [0.15, 0.2) is 83.5 Å². The smallest absolute Gasteiger partial charge is 0.278 e. The molecule has 0 bridgehead atoms. The van der Waals surface area contributed by atoms with Gasteiger partial charge in [0.1, 0.15) is 17.1 Å². The quantitative estimate of drug-likeness (QED) is 0.444. The van der Waals surface area contributed by atoms with Gasteiger partial charge in [0.15, 0.2) is 0 Å². The van der Waals surface area contributed by atoms with Crippen molar-refractivity contribution in [1.82, 2.24) is 14.3 Å². The van der Waals surface area contributed by atoms with Crippen molar-refractivity contribution >= 4 is 34.7 Å². The number of hydrogen-bond donors (Lipinski definition) is 3.